The summed E-state index contributed by atoms with van der Waals surface area (Å²) in [6.07, 6.45) is 1.29. The van der Waals surface area contributed by atoms with Crippen LogP contribution in [0, 0.1) is 12.8 Å². The molecular formula is C19H18O4. The fourth-order valence-electron chi connectivity index (χ4n) is 2.36. The van der Waals surface area contributed by atoms with Gasteiger partial charge >= 0.3 is 11.9 Å². The van der Waals surface area contributed by atoms with Gasteiger partial charge in [-0.05, 0) is 23.6 Å². The molecule has 0 fully saturated rings. The molecule has 0 aliphatic heterocycles. The van der Waals surface area contributed by atoms with Crippen molar-refractivity contribution in [3.8, 4) is 0 Å². The maximum absolute atomic E-state index is 11.6. The van der Waals surface area contributed by atoms with Gasteiger partial charge in [-0.3, -0.25) is 9.59 Å². The molecule has 0 spiro atoms. The molecule has 2 rings (SSSR count). The number of rotatable bonds is 6. The topological polar surface area (TPSA) is 74.6 Å². The van der Waals surface area contributed by atoms with E-state index in [-0.39, 0.29) is 0 Å². The van der Waals surface area contributed by atoms with Gasteiger partial charge in [-0.1, -0.05) is 66.2 Å². The van der Waals surface area contributed by atoms with Crippen LogP contribution < -0.4 is 0 Å². The lowest BCUT2D eigenvalue weighted by molar-refractivity contribution is -0.146. The third kappa shape index (κ3) is 4.54. The highest BCUT2D eigenvalue weighted by atomic mass is 16.4. The van der Waals surface area contributed by atoms with Crippen LogP contribution in [0.4, 0.5) is 0 Å². The lowest BCUT2D eigenvalue weighted by atomic mass is 9.88. The molecule has 0 aliphatic rings. The summed E-state index contributed by atoms with van der Waals surface area (Å²) in [6.45, 7) is 1.97. The van der Waals surface area contributed by atoms with Gasteiger partial charge in [0.2, 0.25) is 0 Å². The minimum absolute atomic E-state index is 0.456. The van der Waals surface area contributed by atoms with Crippen LogP contribution in [0.3, 0.4) is 0 Å². The third-order valence-electron chi connectivity index (χ3n) is 3.56. The summed E-state index contributed by atoms with van der Waals surface area (Å²) in [7, 11) is 0. The minimum atomic E-state index is -1.14. The summed E-state index contributed by atoms with van der Waals surface area (Å²) in [5.41, 5.74) is 3.14. The Kier molecular flexibility index (Phi) is 5.31. The van der Waals surface area contributed by atoms with Gasteiger partial charge in [-0.25, -0.2) is 0 Å². The van der Waals surface area contributed by atoms with E-state index in [1.165, 1.54) is 0 Å². The van der Waals surface area contributed by atoms with E-state index in [4.69, 9.17) is 5.11 Å². The zero-order chi connectivity index (χ0) is 16.8. The van der Waals surface area contributed by atoms with Crippen molar-refractivity contribution in [1.82, 2.24) is 0 Å². The van der Waals surface area contributed by atoms with Gasteiger partial charge in [-0.2, -0.15) is 0 Å². The van der Waals surface area contributed by atoms with E-state index >= 15 is 0 Å². The normalized spacial score (nSPS) is 12.7. The highest BCUT2D eigenvalue weighted by Crippen LogP contribution is 2.29. The number of aryl methyl sites for hydroxylation is 1. The minimum Gasteiger partial charge on any atom is -0.481 e. The molecule has 0 bridgehead atoms. The number of carbonyl (C=O) groups is 2. The van der Waals surface area contributed by atoms with Gasteiger partial charge in [0.05, 0.1) is 12.3 Å². The lowest BCUT2D eigenvalue weighted by Crippen LogP contribution is -2.19. The van der Waals surface area contributed by atoms with Gasteiger partial charge in [0.15, 0.2) is 0 Å². The molecule has 1 atom stereocenters. The molecule has 118 valence electrons. The van der Waals surface area contributed by atoms with Crippen LogP contribution in [0.2, 0.25) is 0 Å². The van der Waals surface area contributed by atoms with Gasteiger partial charge in [0.1, 0.15) is 0 Å². The van der Waals surface area contributed by atoms with E-state index < -0.39 is 24.3 Å². The summed E-state index contributed by atoms with van der Waals surface area (Å²) in [5.74, 6) is -3.38. The SMILES string of the molecule is Cc1ccc(/C=C(/c2ccccc2)C(CC(=O)O)C(=O)O)cc1. The van der Waals surface area contributed by atoms with Crippen molar-refractivity contribution in [2.75, 3.05) is 0 Å². The zero-order valence-electron chi connectivity index (χ0n) is 12.8. The summed E-state index contributed by atoms with van der Waals surface area (Å²) in [6, 6.07) is 16.7. The van der Waals surface area contributed by atoms with Crippen LogP contribution in [0.15, 0.2) is 54.6 Å². The van der Waals surface area contributed by atoms with Crippen molar-refractivity contribution in [2.24, 2.45) is 5.92 Å². The van der Waals surface area contributed by atoms with E-state index in [1.54, 1.807) is 30.3 Å². The second-order valence-electron chi connectivity index (χ2n) is 5.37. The van der Waals surface area contributed by atoms with Crippen LogP contribution >= 0.6 is 0 Å². The van der Waals surface area contributed by atoms with Gasteiger partial charge in [0.25, 0.3) is 0 Å². The van der Waals surface area contributed by atoms with Crippen molar-refractivity contribution in [1.29, 1.82) is 0 Å². The predicted molar refractivity (Wildman–Crippen MR) is 88.9 cm³/mol. The first-order valence-electron chi connectivity index (χ1n) is 7.25. The molecule has 0 heterocycles. The average Bonchev–Trinajstić information content (AvgIpc) is 2.53. The van der Waals surface area contributed by atoms with Crippen molar-refractivity contribution >= 4 is 23.6 Å². The van der Waals surface area contributed by atoms with Crippen LogP contribution in [0.25, 0.3) is 11.6 Å². The standard InChI is InChI=1S/C19H18O4/c1-13-7-9-14(10-8-13)11-16(15-5-3-2-4-6-15)17(19(22)23)12-18(20)21/h2-11,17H,12H2,1H3,(H,20,21)(H,22,23)/b16-11-. The van der Waals surface area contributed by atoms with E-state index in [0.29, 0.717) is 11.1 Å². The smallest absolute Gasteiger partial charge is 0.311 e. The van der Waals surface area contributed by atoms with Gasteiger partial charge < -0.3 is 10.2 Å². The lowest BCUT2D eigenvalue weighted by Gasteiger charge is -2.16. The van der Waals surface area contributed by atoms with E-state index in [9.17, 15) is 14.7 Å². The Morgan fingerprint density at radius 1 is 1.00 bits per heavy atom. The molecule has 0 amide bonds. The molecule has 0 aliphatic carbocycles. The molecule has 2 N–H and O–H groups in total. The Morgan fingerprint density at radius 3 is 2.13 bits per heavy atom. The second-order valence-corrected chi connectivity index (χ2v) is 5.37. The third-order valence-corrected chi connectivity index (χ3v) is 3.56. The molecule has 23 heavy (non-hydrogen) atoms. The summed E-state index contributed by atoms with van der Waals surface area (Å²) in [4.78, 5) is 22.6. The maximum atomic E-state index is 11.6. The largest absolute Gasteiger partial charge is 0.481 e. The first-order valence-corrected chi connectivity index (χ1v) is 7.25. The average molecular weight is 310 g/mol. The second kappa shape index (κ2) is 7.40. The Hall–Kier alpha value is -2.88. The predicted octanol–water partition coefficient (Wildman–Crippen LogP) is 3.71. The molecule has 0 aromatic heterocycles. The molecular weight excluding hydrogens is 292 g/mol. The van der Waals surface area contributed by atoms with Crippen molar-refractivity contribution in [3.63, 3.8) is 0 Å². The van der Waals surface area contributed by atoms with Crippen LogP contribution in [-0.4, -0.2) is 22.2 Å². The molecule has 1 unspecified atom stereocenters. The monoisotopic (exact) mass is 310 g/mol. The Balaban J connectivity index is 2.52. The van der Waals surface area contributed by atoms with Gasteiger partial charge in [0, 0.05) is 0 Å². The highest BCUT2D eigenvalue weighted by Gasteiger charge is 2.26. The van der Waals surface area contributed by atoms with E-state index in [0.717, 1.165) is 11.1 Å². The van der Waals surface area contributed by atoms with Crippen LogP contribution in [0.5, 0.6) is 0 Å². The fraction of sp³-hybridized carbons (Fsp3) is 0.158. The quantitative estimate of drug-likeness (QED) is 0.798. The summed E-state index contributed by atoms with van der Waals surface area (Å²) in [5, 5.41) is 18.5. The first kappa shape index (κ1) is 16.5. The summed E-state index contributed by atoms with van der Waals surface area (Å²) >= 11 is 0. The number of aliphatic carboxylic acids is 2. The Labute approximate surface area is 134 Å². The summed E-state index contributed by atoms with van der Waals surface area (Å²) < 4.78 is 0. The number of hydrogen-bond acceptors (Lipinski definition) is 2. The highest BCUT2D eigenvalue weighted by molar-refractivity contribution is 5.96. The van der Waals surface area contributed by atoms with Crippen molar-refractivity contribution in [3.05, 3.63) is 71.3 Å². The molecule has 4 heteroatoms. The molecule has 0 radical (unpaired) electrons. The zero-order valence-corrected chi connectivity index (χ0v) is 12.8. The van der Waals surface area contributed by atoms with E-state index in [2.05, 4.69) is 0 Å². The Morgan fingerprint density at radius 2 is 1.61 bits per heavy atom. The van der Waals surface area contributed by atoms with Crippen molar-refractivity contribution < 1.29 is 19.8 Å². The molecule has 2 aromatic rings. The maximum Gasteiger partial charge on any atom is 0.311 e. The fourth-order valence-corrected chi connectivity index (χ4v) is 2.36. The Bertz CT molecular complexity index is 715. The molecule has 4 nitrogen and oxygen atoms in total. The van der Waals surface area contributed by atoms with Gasteiger partial charge in [-0.15, -0.1) is 0 Å². The number of carboxylic acid groups (broad SMARTS) is 2. The number of hydrogen-bond donors (Lipinski definition) is 2. The molecule has 0 saturated heterocycles. The molecule has 0 saturated carbocycles. The first-order chi connectivity index (χ1) is 11.0. The van der Waals surface area contributed by atoms with E-state index in [1.807, 2.05) is 37.3 Å². The number of carboxylic acids is 2. The van der Waals surface area contributed by atoms with Crippen LogP contribution in [-0.2, 0) is 9.59 Å². The molecule has 2 aromatic carbocycles. The van der Waals surface area contributed by atoms with Crippen LogP contribution in [0.1, 0.15) is 23.1 Å². The van der Waals surface area contributed by atoms with Crippen molar-refractivity contribution in [2.45, 2.75) is 13.3 Å². The number of benzene rings is 2.